The van der Waals surface area contributed by atoms with Crippen molar-refractivity contribution in [2.45, 2.75) is 6.54 Å². The minimum atomic E-state index is -0.579. The number of rotatable bonds is 4. The Morgan fingerprint density at radius 2 is 2.00 bits per heavy atom. The zero-order valence-electron chi connectivity index (χ0n) is 10.1. The maximum Gasteiger partial charge on any atom is 0.345 e. The van der Waals surface area contributed by atoms with E-state index in [0.29, 0.717) is 5.69 Å². The number of pyridine rings is 1. The molecule has 6 nitrogen and oxygen atoms in total. The summed E-state index contributed by atoms with van der Waals surface area (Å²) < 4.78 is 0. The Hall–Kier alpha value is -2.76. The number of nitrogens with one attached hydrogen (secondary N) is 1. The standard InChI is InChI=1S/C13H12N4O2/c18-13(15-10-11-5-4-8-14-9-11)17(16-19)12-6-2-1-3-7-12/h1-9H,10H2,(H,15,18). The number of carbonyl (C=O) groups excluding carboxylic acids is 1. The van der Waals surface area contributed by atoms with Gasteiger partial charge in [0.1, 0.15) is 0 Å². The first kappa shape index (κ1) is 12.7. The van der Waals surface area contributed by atoms with Crippen molar-refractivity contribution >= 4 is 11.7 Å². The van der Waals surface area contributed by atoms with Crippen molar-refractivity contribution < 1.29 is 4.79 Å². The fraction of sp³-hybridized carbons (Fsp3) is 0.0769. The van der Waals surface area contributed by atoms with Gasteiger partial charge >= 0.3 is 6.03 Å². The van der Waals surface area contributed by atoms with E-state index in [9.17, 15) is 9.70 Å². The second-order valence-corrected chi connectivity index (χ2v) is 3.75. The topological polar surface area (TPSA) is 74.7 Å². The molecule has 0 fully saturated rings. The van der Waals surface area contributed by atoms with Crippen LogP contribution in [0.2, 0.25) is 0 Å². The van der Waals surface area contributed by atoms with Crippen molar-refractivity contribution in [3.8, 4) is 0 Å². The average Bonchev–Trinajstić information content (AvgIpc) is 2.48. The number of hydrogen-bond acceptors (Lipinski definition) is 4. The van der Waals surface area contributed by atoms with Crippen LogP contribution < -0.4 is 10.3 Å². The Morgan fingerprint density at radius 1 is 1.21 bits per heavy atom. The molecule has 0 aliphatic rings. The van der Waals surface area contributed by atoms with E-state index in [0.717, 1.165) is 10.6 Å². The fourth-order valence-corrected chi connectivity index (χ4v) is 1.53. The Balaban J connectivity index is 2.00. The lowest BCUT2D eigenvalue weighted by Crippen LogP contribution is -2.35. The first-order valence-corrected chi connectivity index (χ1v) is 5.66. The molecule has 0 bridgehead atoms. The Morgan fingerprint density at radius 3 is 2.63 bits per heavy atom. The van der Waals surface area contributed by atoms with Crippen LogP contribution in [0.4, 0.5) is 10.5 Å². The molecule has 1 aromatic carbocycles. The number of hydrogen-bond donors (Lipinski definition) is 1. The first-order valence-electron chi connectivity index (χ1n) is 5.66. The molecule has 2 aromatic rings. The minimum Gasteiger partial charge on any atom is -0.332 e. The fourth-order valence-electron chi connectivity index (χ4n) is 1.53. The third-order valence-electron chi connectivity index (χ3n) is 2.44. The summed E-state index contributed by atoms with van der Waals surface area (Å²) in [4.78, 5) is 26.5. The molecular weight excluding hydrogens is 244 g/mol. The Bertz CT molecular complexity index is 545. The molecule has 0 atom stereocenters. The largest absolute Gasteiger partial charge is 0.345 e. The number of para-hydroxylation sites is 1. The maximum absolute atomic E-state index is 11.8. The van der Waals surface area contributed by atoms with E-state index in [1.807, 2.05) is 6.07 Å². The highest BCUT2D eigenvalue weighted by molar-refractivity contribution is 5.91. The lowest BCUT2D eigenvalue weighted by Gasteiger charge is -2.14. The van der Waals surface area contributed by atoms with E-state index in [-0.39, 0.29) is 6.54 Å². The second kappa shape index (κ2) is 6.25. The summed E-state index contributed by atoms with van der Waals surface area (Å²) in [5.41, 5.74) is 1.26. The number of nitrogens with zero attached hydrogens (tertiary/aromatic N) is 3. The van der Waals surface area contributed by atoms with Crippen LogP contribution in [0, 0.1) is 4.91 Å². The van der Waals surface area contributed by atoms with E-state index in [4.69, 9.17) is 0 Å². The zero-order chi connectivity index (χ0) is 13.5. The number of benzene rings is 1. The van der Waals surface area contributed by atoms with Gasteiger partial charge in [0.25, 0.3) is 0 Å². The number of amides is 2. The van der Waals surface area contributed by atoms with E-state index in [1.165, 1.54) is 0 Å². The molecule has 0 unspecified atom stereocenters. The summed E-state index contributed by atoms with van der Waals surface area (Å²) in [6.45, 7) is 0.283. The van der Waals surface area contributed by atoms with Crippen LogP contribution in [0.5, 0.6) is 0 Å². The number of anilines is 1. The third kappa shape index (κ3) is 3.35. The maximum atomic E-state index is 11.8. The van der Waals surface area contributed by atoms with Crippen molar-refractivity contribution in [1.29, 1.82) is 0 Å². The molecule has 2 amide bonds. The molecule has 0 spiro atoms. The van der Waals surface area contributed by atoms with Gasteiger partial charge in [0.15, 0.2) is 0 Å². The van der Waals surface area contributed by atoms with Gasteiger partial charge in [0, 0.05) is 18.9 Å². The van der Waals surface area contributed by atoms with Gasteiger partial charge in [-0.1, -0.05) is 24.3 Å². The van der Waals surface area contributed by atoms with E-state index >= 15 is 0 Å². The average molecular weight is 256 g/mol. The molecule has 0 saturated heterocycles. The van der Waals surface area contributed by atoms with Crippen molar-refractivity contribution in [3.63, 3.8) is 0 Å². The molecule has 6 heteroatoms. The van der Waals surface area contributed by atoms with Crippen LogP contribution in [-0.4, -0.2) is 11.0 Å². The number of carbonyl (C=O) groups is 1. The number of nitroso groups, excluding NO2 is 1. The lowest BCUT2D eigenvalue weighted by atomic mass is 10.3. The summed E-state index contributed by atoms with van der Waals surface area (Å²) in [7, 11) is 0. The highest BCUT2D eigenvalue weighted by atomic mass is 16.3. The Labute approximate surface area is 110 Å². The van der Waals surface area contributed by atoms with Crippen LogP contribution in [0.3, 0.4) is 0 Å². The molecule has 0 aliphatic heterocycles. The van der Waals surface area contributed by atoms with Crippen LogP contribution in [0.25, 0.3) is 0 Å². The molecule has 0 aliphatic carbocycles. The molecular formula is C13H12N4O2. The number of aromatic nitrogens is 1. The second-order valence-electron chi connectivity index (χ2n) is 3.75. The minimum absolute atomic E-state index is 0.283. The summed E-state index contributed by atoms with van der Waals surface area (Å²) >= 11 is 0. The van der Waals surface area contributed by atoms with Gasteiger partial charge in [-0.25, -0.2) is 4.79 Å². The summed E-state index contributed by atoms with van der Waals surface area (Å²) in [5.74, 6) is 0. The van der Waals surface area contributed by atoms with Gasteiger partial charge in [-0.15, -0.1) is 9.92 Å². The predicted octanol–water partition coefficient (Wildman–Crippen LogP) is 2.48. The molecule has 1 heterocycles. The van der Waals surface area contributed by atoms with Gasteiger partial charge < -0.3 is 5.32 Å². The van der Waals surface area contributed by atoms with Crippen molar-refractivity contribution in [3.05, 3.63) is 65.3 Å². The first-order chi connectivity index (χ1) is 9.31. The van der Waals surface area contributed by atoms with Crippen LogP contribution in [0.1, 0.15) is 5.56 Å². The summed E-state index contributed by atoms with van der Waals surface area (Å²) in [5, 5.41) is 6.10. The Kier molecular flexibility index (Phi) is 4.17. The normalized spacial score (nSPS) is 9.68. The molecule has 2 rings (SSSR count). The van der Waals surface area contributed by atoms with E-state index in [2.05, 4.69) is 15.6 Å². The molecule has 1 N–H and O–H groups in total. The van der Waals surface area contributed by atoms with Crippen LogP contribution in [-0.2, 0) is 6.54 Å². The highest BCUT2D eigenvalue weighted by Crippen LogP contribution is 2.13. The van der Waals surface area contributed by atoms with Gasteiger partial charge in [-0.2, -0.15) is 0 Å². The molecule has 19 heavy (non-hydrogen) atoms. The van der Waals surface area contributed by atoms with Gasteiger partial charge in [-0.3, -0.25) is 4.98 Å². The highest BCUT2D eigenvalue weighted by Gasteiger charge is 2.15. The molecule has 0 saturated carbocycles. The predicted molar refractivity (Wildman–Crippen MR) is 71.2 cm³/mol. The SMILES string of the molecule is O=NN(C(=O)NCc1cccnc1)c1ccccc1. The summed E-state index contributed by atoms with van der Waals surface area (Å²) in [6.07, 6.45) is 3.29. The van der Waals surface area contributed by atoms with E-state index < -0.39 is 6.03 Å². The van der Waals surface area contributed by atoms with Crippen LogP contribution >= 0.6 is 0 Å². The van der Waals surface area contributed by atoms with Gasteiger partial charge in [-0.05, 0) is 23.8 Å². The van der Waals surface area contributed by atoms with E-state index in [1.54, 1.807) is 48.8 Å². The third-order valence-corrected chi connectivity index (χ3v) is 2.44. The number of urea groups is 1. The van der Waals surface area contributed by atoms with Gasteiger partial charge in [0.2, 0.25) is 0 Å². The van der Waals surface area contributed by atoms with Crippen molar-refractivity contribution in [2.75, 3.05) is 5.01 Å². The molecule has 96 valence electrons. The monoisotopic (exact) mass is 256 g/mol. The molecule has 1 aromatic heterocycles. The van der Waals surface area contributed by atoms with Crippen LogP contribution in [0.15, 0.2) is 60.1 Å². The van der Waals surface area contributed by atoms with Crippen molar-refractivity contribution in [1.82, 2.24) is 10.3 Å². The molecule has 0 radical (unpaired) electrons. The van der Waals surface area contributed by atoms with Gasteiger partial charge in [0.05, 0.1) is 11.0 Å². The smallest absolute Gasteiger partial charge is 0.332 e. The zero-order valence-corrected chi connectivity index (χ0v) is 10.1. The quantitative estimate of drug-likeness (QED) is 0.674. The lowest BCUT2D eigenvalue weighted by molar-refractivity contribution is 0.246. The van der Waals surface area contributed by atoms with Crippen molar-refractivity contribution in [2.24, 2.45) is 5.29 Å². The summed E-state index contributed by atoms with van der Waals surface area (Å²) in [6, 6.07) is 11.5.